The Morgan fingerprint density at radius 2 is 1.60 bits per heavy atom. The molecule has 0 heterocycles. The minimum absolute atomic E-state index is 0.183. The van der Waals surface area contributed by atoms with Crippen LogP contribution >= 0.6 is 0 Å². The lowest BCUT2D eigenvalue weighted by Gasteiger charge is -2.31. The minimum atomic E-state index is -1.06. The molecule has 1 aromatic rings. The Morgan fingerprint density at radius 1 is 1.04 bits per heavy atom. The summed E-state index contributed by atoms with van der Waals surface area (Å²) in [5, 5.41) is 0. The van der Waals surface area contributed by atoms with Crippen LogP contribution in [0.5, 0.6) is 0 Å². The number of benzene rings is 1. The van der Waals surface area contributed by atoms with E-state index in [-0.39, 0.29) is 12.5 Å². The maximum atomic E-state index is 12.6. The van der Waals surface area contributed by atoms with E-state index >= 15 is 0 Å². The van der Waals surface area contributed by atoms with Gasteiger partial charge in [0.1, 0.15) is 12.6 Å². The van der Waals surface area contributed by atoms with E-state index < -0.39 is 24.1 Å². The Morgan fingerprint density at radius 3 is 2.08 bits per heavy atom. The fraction of sp³-hybridized carbons (Fsp3) is 0.500. The molecular weight excluding hydrogens is 326 g/mol. The zero-order chi connectivity index (χ0) is 19.1. The van der Waals surface area contributed by atoms with Crippen molar-refractivity contribution >= 4 is 23.5 Å². The Labute approximate surface area is 147 Å². The number of hydrogen-bond acceptors (Lipinski definition) is 6. The predicted octanol–water partition coefficient (Wildman–Crippen LogP) is 1.78. The Balaban J connectivity index is 3.18. The number of esters is 2. The Kier molecular flexibility index (Phi) is 7.57. The summed E-state index contributed by atoms with van der Waals surface area (Å²) in [7, 11) is 2.62. The maximum Gasteiger partial charge on any atom is 0.346 e. The van der Waals surface area contributed by atoms with Crippen molar-refractivity contribution in [3.05, 3.63) is 29.3 Å². The van der Waals surface area contributed by atoms with Gasteiger partial charge in [0, 0.05) is 7.11 Å². The first kappa shape index (κ1) is 20.6. The third kappa shape index (κ3) is 5.03. The van der Waals surface area contributed by atoms with E-state index in [1.165, 1.54) is 26.0 Å². The lowest BCUT2D eigenvalue weighted by Crippen LogP contribution is -2.47. The van der Waals surface area contributed by atoms with E-state index in [9.17, 15) is 14.4 Å². The highest BCUT2D eigenvalue weighted by atomic mass is 16.6. The Hall–Kier alpha value is -2.41. The van der Waals surface area contributed by atoms with E-state index in [4.69, 9.17) is 9.47 Å². The van der Waals surface area contributed by atoms with Crippen LogP contribution in [0.4, 0.5) is 5.69 Å². The van der Waals surface area contributed by atoms with Crippen molar-refractivity contribution in [2.45, 2.75) is 39.8 Å². The molecule has 0 radical (unpaired) electrons. The van der Waals surface area contributed by atoms with E-state index in [0.29, 0.717) is 5.69 Å². The summed E-state index contributed by atoms with van der Waals surface area (Å²) in [5.41, 5.74) is 2.30. The summed E-state index contributed by atoms with van der Waals surface area (Å²) >= 11 is 0. The molecule has 0 N–H and O–H groups in total. The number of amides is 1. The molecule has 0 fully saturated rings. The van der Waals surface area contributed by atoms with Crippen LogP contribution < -0.4 is 4.90 Å². The van der Waals surface area contributed by atoms with Crippen LogP contribution in [0.3, 0.4) is 0 Å². The van der Waals surface area contributed by atoms with Crippen molar-refractivity contribution in [2.24, 2.45) is 0 Å². The highest BCUT2D eigenvalue weighted by Gasteiger charge is 2.32. The molecule has 7 nitrogen and oxygen atoms in total. The van der Waals surface area contributed by atoms with Gasteiger partial charge in [-0.05, 0) is 38.8 Å². The molecule has 0 bridgehead atoms. The second kappa shape index (κ2) is 9.17. The van der Waals surface area contributed by atoms with E-state index in [0.717, 1.165) is 11.1 Å². The molecule has 0 aromatic heterocycles. The first-order chi connectivity index (χ1) is 11.7. The molecule has 1 amide bonds. The first-order valence-corrected chi connectivity index (χ1v) is 7.90. The van der Waals surface area contributed by atoms with Gasteiger partial charge in [-0.25, -0.2) is 9.59 Å². The van der Waals surface area contributed by atoms with Crippen molar-refractivity contribution in [1.29, 1.82) is 0 Å². The van der Waals surface area contributed by atoms with Crippen LogP contribution in [0.2, 0.25) is 0 Å². The number of para-hydroxylation sites is 1. The quantitative estimate of drug-likeness (QED) is 0.697. The smallest absolute Gasteiger partial charge is 0.346 e. The van der Waals surface area contributed by atoms with Crippen molar-refractivity contribution in [3.8, 4) is 0 Å². The molecular formula is C18H25NO6. The molecule has 25 heavy (non-hydrogen) atoms. The summed E-state index contributed by atoms with van der Waals surface area (Å²) in [5.74, 6) is -1.75. The number of ether oxygens (including phenoxy) is 3. The fourth-order valence-electron chi connectivity index (χ4n) is 2.51. The third-order valence-electron chi connectivity index (χ3n) is 3.77. The lowest BCUT2D eigenvalue weighted by atomic mass is 10.1. The average Bonchev–Trinajstić information content (AvgIpc) is 2.56. The summed E-state index contributed by atoms with van der Waals surface area (Å²) in [6.07, 6.45) is -1.06. The van der Waals surface area contributed by atoms with Crippen molar-refractivity contribution in [3.63, 3.8) is 0 Å². The normalized spacial score (nSPS) is 12.9. The number of hydrogen-bond donors (Lipinski definition) is 0. The highest BCUT2D eigenvalue weighted by Crippen LogP contribution is 2.27. The van der Waals surface area contributed by atoms with Crippen LogP contribution in [0.25, 0.3) is 0 Å². The average molecular weight is 351 g/mol. The number of carbonyl (C=O) groups is 3. The van der Waals surface area contributed by atoms with Gasteiger partial charge in [-0.3, -0.25) is 9.69 Å². The maximum absolute atomic E-state index is 12.6. The molecule has 7 heteroatoms. The van der Waals surface area contributed by atoms with Crippen LogP contribution in [0.1, 0.15) is 25.0 Å². The second-order valence-corrected chi connectivity index (χ2v) is 5.72. The van der Waals surface area contributed by atoms with Crippen LogP contribution in [0, 0.1) is 13.8 Å². The number of rotatable bonds is 7. The fourth-order valence-corrected chi connectivity index (χ4v) is 2.51. The molecule has 1 aromatic carbocycles. The van der Waals surface area contributed by atoms with E-state index in [2.05, 4.69) is 4.74 Å². The molecule has 138 valence electrons. The Bertz CT molecular complexity index is 622. The summed E-state index contributed by atoms with van der Waals surface area (Å²) in [6, 6.07) is 4.64. The zero-order valence-electron chi connectivity index (χ0n) is 15.5. The van der Waals surface area contributed by atoms with Gasteiger partial charge >= 0.3 is 11.9 Å². The number of nitrogens with zero attached hydrogens (tertiary/aromatic N) is 1. The molecule has 0 spiro atoms. The topological polar surface area (TPSA) is 82.1 Å². The number of carbonyl (C=O) groups excluding carboxylic acids is 3. The predicted molar refractivity (Wildman–Crippen MR) is 92.3 cm³/mol. The standard InChI is InChI=1S/C18H25NO6/c1-11-8-7-9-12(2)16(11)19(15(20)10-23-5)13(3)17(21)25-14(4)18(22)24-6/h7-9,13-14H,10H2,1-6H3. The van der Waals surface area contributed by atoms with Gasteiger partial charge in [-0.2, -0.15) is 0 Å². The van der Waals surface area contributed by atoms with Crippen LogP contribution in [-0.4, -0.2) is 50.8 Å². The van der Waals surface area contributed by atoms with Crippen LogP contribution in [0.15, 0.2) is 18.2 Å². The molecule has 0 saturated heterocycles. The molecule has 0 aliphatic rings. The number of aryl methyl sites for hydroxylation is 2. The van der Waals surface area contributed by atoms with Crippen molar-refractivity contribution in [1.82, 2.24) is 0 Å². The van der Waals surface area contributed by atoms with Crippen LogP contribution in [-0.2, 0) is 28.6 Å². The minimum Gasteiger partial charge on any atom is -0.466 e. The first-order valence-electron chi connectivity index (χ1n) is 7.90. The third-order valence-corrected chi connectivity index (χ3v) is 3.77. The molecule has 0 aliphatic heterocycles. The van der Waals surface area contributed by atoms with Crippen molar-refractivity contribution < 1.29 is 28.6 Å². The molecule has 0 aliphatic carbocycles. The summed E-state index contributed by atoms with van der Waals surface area (Å²) < 4.78 is 14.6. The number of methoxy groups -OCH3 is 2. The van der Waals surface area contributed by atoms with Gasteiger partial charge < -0.3 is 14.2 Å². The molecule has 0 saturated carbocycles. The van der Waals surface area contributed by atoms with E-state index in [1.807, 2.05) is 32.0 Å². The highest BCUT2D eigenvalue weighted by molar-refractivity contribution is 6.01. The molecule has 2 unspecified atom stereocenters. The van der Waals surface area contributed by atoms with E-state index in [1.54, 1.807) is 6.92 Å². The van der Waals surface area contributed by atoms with Gasteiger partial charge in [0.25, 0.3) is 5.91 Å². The number of anilines is 1. The van der Waals surface area contributed by atoms with Crippen molar-refractivity contribution in [2.75, 3.05) is 25.7 Å². The molecule has 2 atom stereocenters. The largest absolute Gasteiger partial charge is 0.466 e. The van der Waals surface area contributed by atoms with Gasteiger partial charge in [0.2, 0.25) is 0 Å². The monoisotopic (exact) mass is 351 g/mol. The summed E-state index contributed by atoms with van der Waals surface area (Å²) in [6.45, 7) is 6.48. The van der Waals surface area contributed by atoms with Gasteiger partial charge in [0.05, 0.1) is 12.8 Å². The SMILES string of the molecule is COCC(=O)N(c1c(C)cccc1C)C(C)C(=O)OC(C)C(=O)OC. The van der Waals surface area contributed by atoms with Gasteiger partial charge in [-0.15, -0.1) is 0 Å². The van der Waals surface area contributed by atoms with Gasteiger partial charge in [-0.1, -0.05) is 18.2 Å². The second-order valence-electron chi connectivity index (χ2n) is 5.72. The zero-order valence-corrected chi connectivity index (χ0v) is 15.5. The lowest BCUT2D eigenvalue weighted by molar-refractivity contribution is -0.165. The summed E-state index contributed by atoms with van der Waals surface area (Å²) in [4.78, 5) is 37.8. The molecule has 1 rings (SSSR count). The van der Waals surface area contributed by atoms with Gasteiger partial charge in [0.15, 0.2) is 6.10 Å².